The van der Waals surface area contributed by atoms with Crippen molar-refractivity contribution in [1.29, 1.82) is 0 Å². The van der Waals surface area contributed by atoms with Crippen molar-refractivity contribution in [3.8, 4) is 17.3 Å². The van der Waals surface area contributed by atoms with E-state index >= 15 is 0 Å². The zero-order valence-corrected chi connectivity index (χ0v) is 16.2. The highest BCUT2D eigenvalue weighted by Crippen LogP contribution is 2.25. The molecule has 1 amide bonds. The summed E-state index contributed by atoms with van der Waals surface area (Å²) in [5.74, 6) is 2.13. The molecule has 0 fully saturated rings. The number of carbonyl (C=O) groups is 1. The van der Waals surface area contributed by atoms with Gasteiger partial charge in [-0.25, -0.2) is 5.43 Å². The molecule has 8 heteroatoms. The number of aryl methyl sites for hydroxylation is 2. The van der Waals surface area contributed by atoms with E-state index in [4.69, 9.17) is 14.0 Å². The van der Waals surface area contributed by atoms with E-state index in [9.17, 15) is 4.79 Å². The van der Waals surface area contributed by atoms with Gasteiger partial charge in [-0.2, -0.15) is 5.10 Å². The molecule has 1 aromatic carbocycles. The molecule has 0 saturated heterocycles. The second kappa shape index (κ2) is 8.43. The molecule has 28 heavy (non-hydrogen) atoms. The Kier molecular flexibility index (Phi) is 5.78. The van der Waals surface area contributed by atoms with Crippen LogP contribution in [0.15, 0.2) is 46.0 Å². The molecule has 0 aliphatic rings. The van der Waals surface area contributed by atoms with Crippen LogP contribution in [0.4, 0.5) is 0 Å². The Hall–Kier alpha value is -3.55. The molecule has 2 aromatic heterocycles. The van der Waals surface area contributed by atoms with Gasteiger partial charge in [-0.3, -0.25) is 9.36 Å². The lowest BCUT2D eigenvalue weighted by atomic mass is 10.3. The summed E-state index contributed by atoms with van der Waals surface area (Å²) >= 11 is 0. The number of carbonyl (C=O) groups excluding carboxylic acids is 1. The highest BCUT2D eigenvalue weighted by atomic mass is 16.5. The number of amides is 1. The number of hydrogen-bond acceptors (Lipinski definition) is 6. The largest absolute Gasteiger partial charge is 0.493 e. The first-order valence-electron chi connectivity index (χ1n) is 8.70. The first-order chi connectivity index (χ1) is 13.5. The van der Waals surface area contributed by atoms with Crippen LogP contribution in [0.25, 0.3) is 5.82 Å². The first-order valence-corrected chi connectivity index (χ1v) is 8.70. The van der Waals surface area contributed by atoms with Crippen LogP contribution in [0.3, 0.4) is 0 Å². The Bertz CT molecular complexity index is 1000. The number of hydrogen-bond donors (Lipinski definition) is 1. The van der Waals surface area contributed by atoms with Crippen molar-refractivity contribution in [3.63, 3.8) is 0 Å². The molecule has 3 aromatic rings. The number of nitrogens with zero attached hydrogens (tertiary/aromatic N) is 3. The molecule has 0 radical (unpaired) electrons. The highest BCUT2D eigenvalue weighted by molar-refractivity contribution is 5.84. The molecule has 0 unspecified atom stereocenters. The van der Waals surface area contributed by atoms with E-state index in [0.29, 0.717) is 17.3 Å². The highest BCUT2D eigenvalue weighted by Gasteiger charge is 2.12. The topological polar surface area (TPSA) is 90.9 Å². The summed E-state index contributed by atoms with van der Waals surface area (Å²) in [5, 5.41) is 8.06. The molecule has 0 aliphatic heterocycles. The Morgan fingerprint density at radius 3 is 2.68 bits per heavy atom. The molecular weight excluding hydrogens is 360 g/mol. The number of nitrogens with one attached hydrogen (secondary N) is 1. The number of para-hydroxylation sites is 2. The van der Waals surface area contributed by atoms with Crippen LogP contribution in [-0.4, -0.2) is 35.6 Å². The van der Waals surface area contributed by atoms with Crippen molar-refractivity contribution in [2.45, 2.75) is 20.8 Å². The lowest BCUT2D eigenvalue weighted by molar-refractivity contribution is -0.123. The van der Waals surface area contributed by atoms with Gasteiger partial charge in [0, 0.05) is 23.0 Å². The molecule has 1 N–H and O–H groups in total. The number of hydrazone groups is 1. The van der Waals surface area contributed by atoms with E-state index in [-0.39, 0.29) is 12.5 Å². The van der Waals surface area contributed by atoms with Crippen molar-refractivity contribution in [2.24, 2.45) is 5.10 Å². The predicted octanol–water partition coefficient (Wildman–Crippen LogP) is 2.93. The third-order valence-corrected chi connectivity index (χ3v) is 4.14. The van der Waals surface area contributed by atoms with E-state index in [1.807, 2.05) is 43.5 Å². The van der Waals surface area contributed by atoms with Crippen LogP contribution in [0.2, 0.25) is 0 Å². The number of ether oxygens (including phenoxy) is 2. The molecule has 0 bridgehead atoms. The molecule has 0 spiro atoms. The van der Waals surface area contributed by atoms with E-state index in [0.717, 1.165) is 22.7 Å². The number of rotatable bonds is 7. The van der Waals surface area contributed by atoms with Crippen LogP contribution in [0, 0.1) is 20.8 Å². The summed E-state index contributed by atoms with van der Waals surface area (Å²) < 4.78 is 17.8. The third kappa shape index (κ3) is 4.22. The van der Waals surface area contributed by atoms with Gasteiger partial charge in [0.2, 0.25) is 0 Å². The third-order valence-electron chi connectivity index (χ3n) is 4.14. The summed E-state index contributed by atoms with van der Waals surface area (Å²) in [5.41, 5.74) is 5.25. The number of methoxy groups -OCH3 is 1. The van der Waals surface area contributed by atoms with Gasteiger partial charge in [-0.15, -0.1) is 0 Å². The molecule has 146 valence electrons. The van der Waals surface area contributed by atoms with Crippen LogP contribution < -0.4 is 14.9 Å². The van der Waals surface area contributed by atoms with E-state index < -0.39 is 0 Å². The summed E-state index contributed by atoms with van der Waals surface area (Å²) in [6.07, 6.45) is 1.59. The lowest BCUT2D eigenvalue weighted by Crippen LogP contribution is -2.24. The lowest BCUT2D eigenvalue weighted by Gasteiger charge is -2.09. The maximum Gasteiger partial charge on any atom is 0.277 e. The maximum atomic E-state index is 12.0. The zero-order chi connectivity index (χ0) is 20.1. The van der Waals surface area contributed by atoms with Gasteiger partial charge >= 0.3 is 0 Å². The minimum absolute atomic E-state index is 0.172. The average Bonchev–Trinajstić information content (AvgIpc) is 3.22. The van der Waals surface area contributed by atoms with Gasteiger partial charge in [0.25, 0.3) is 5.91 Å². The van der Waals surface area contributed by atoms with Gasteiger partial charge in [0.05, 0.1) is 13.3 Å². The molecule has 0 aliphatic carbocycles. The molecule has 0 saturated carbocycles. The number of benzene rings is 1. The first kappa shape index (κ1) is 19.2. The fourth-order valence-electron chi connectivity index (χ4n) is 2.82. The second-order valence-corrected chi connectivity index (χ2v) is 6.19. The Morgan fingerprint density at radius 2 is 2.00 bits per heavy atom. The van der Waals surface area contributed by atoms with Gasteiger partial charge in [-0.05, 0) is 39.0 Å². The molecule has 0 atom stereocenters. The zero-order valence-electron chi connectivity index (χ0n) is 16.2. The quantitative estimate of drug-likeness (QED) is 0.501. The van der Waals surface area contributed by atoms with E-state index in [2.05, 4.69) is 15.7 Å². The fourth-order valence-corrected chi connectivity index (χ4v) is 2.82. The van der Waals surface area contributed by atoms with Crippen molar-refractivity contribution in [1.82, 2.24) is 15.1 Å². The predicted molar refractivity (Wildman–Crippen MR) is 104 cm³/mol. The molecule has 3 rings (SSSR count). The van der Waals surface area contributed by atoms with Crippen molar-refractivity contribution in [3.05, 3.63) is 59.1 Å². The van der Waals surface area contributed by atoms with Crippen molar-refractivity contribution >= 4 is 12.1 Å². The van der Waals surface area contributed by atoms with Gasteiger partial charge in [-0.1, -0.05) is 17.3 Å². The standard InChI is InChI=1S/C20H22N4O4/c1-13-9-16(15(3)24(13)19-10-14(2)28-23-19)11-21-22-20(25)12-27-18-8-6-5-7-17(18)26-4/h5-11H,12H2,1-4H3,(H,22,25)/b21-11-. The maximum absolute atomic E-state index is 12.0. The second-order valence-electron chi connectivity index (χ2n) is 6.19. The van der Waals surface area contributed by atoms with E-state index in [1.54, 1.807) is 31.5 Å². The summed E-state index contributed by atoms with van der Waals surface area (Å²) in [6, 6.07) is 10.9. The van der Waals surface area contributed by atoms with Crippen LogP contribution in [0.1, 0.15) is 22.7 Å². The fraction of sp³-hybridized carbons (Fsp3) is 0.250. The summed E-state index contributed by atoms with van der Waals surface area (Å²) in [7, 11) is 1.55. The van der Waals surface area contributed by atoms with Crippen molar-refractivity contribution < 1.29 is 18.8 Å². The van der Waals surface area contributed by atoms with Crippen LogP contribution >= 0.6 is 0 Å². The minimum Gasteiger partial charge on any atom is -0.493 e. The molecule has 8 nitrogen and oxygen atoms in total. The Labute approximate surface area is 162 Å². The Balaban J connectivity index is 1.61. The van der Waals surface area contributed by atoms with Crippen LogP contribution in [0.5, 0.6) is 11.5 Å². The van der Waals surface area contributed by atoms with Crippen LogP contribution in [-0.2, 0) is 4.79 Å². The SMILES string of the molecule is COc1ccccc1OCC(=O)N/N=C\c1cc(C)n(-c2cc(C)on2)c1C. The Morgan fingerprint density at radius 1 is 1.25 bits per heavy atom. The van der Waals surface area contributed by atoms with E-state index in [1.165, 1.54) is 0 Å². The van der Waals surface area contributed by atoms with Gasteiger partial charge < -0.3 is 14.0 Å². The molecular formula is C20H22N4O4. The van der Waals surface area contributed by atoms with Gasteiger partial charge in [0.1, 0.15) is 5.76 Å². The number of aromatic nitrogens is 2. The monoisotopic (exact) mass is 382 g/mol. The normalized spacial score (nSPS) is 11.0. The minimum atomic E-state index is -0.372. The van der Waals surface area contributed by atoms with Gasteiger partial charge in [0.15, 0.2) is 23.9 Å². The molecule has 2 heterocycles. The smallest absolute Gasteiger partial charge is 0.277 e. The summed E-state index contributed by atoms with van der Waals surface area (Å²) in [6.45, 7) is 5.59. The summed E-state index contributed by atoms with van der Waals surface area (Å²) in [4.78, 5) is 12.0. The van der Waals surface area contributed by atoms with Crippen molar-refractivity contribution in [2.75, 3.05) is 13.7 Å². The average molecular weight is 382 g/mol.